The van der Waals surface area contributed by atoms with E-state index in [1.165, 1.54) is 0 Å². The highest BCUT2D eigenvalue weighted by Gasteiger charge is 2.20. The lowest BCUT2D eigenvalue weighted by Gasteiger charge is -2.28. The molecule has 5 heteroatoms. The van der Waals surface area contributed by atoms with Crippen LogP contribution in [0.2, 0.25) is 0 Å². The largest absolute Gasteiger partial charge is 0.497 e. The van der Waals surface area contributed by atoms with Crippen molar-refractivity contribution in [2.75, 3.05) is 39.7 Å². The highest BCUT2D eigenvalue weighted by molar-refractivity contribution is 5.92. The standard InChI is InChI=1S/C16H24N2O3/c1-18-8-6-12(7-9-18)10-16(19)17-14-5-4-13(20-2)11-15(14)21-3/h4-5,11-12H,6-10H2,1-3H3,(H,17,19). The Bertz CT molecular complexity index is 482. The van der Waals surface area contributed by atoms with Gasteiger partial charge in [-0.15, -0.1) is 0 Å². The summed E-state index contributed by atoms with van der Waals surface area (Å²) in [6, 6.07) is 5.39. The number of hydrogen-bond donors (Lipinski definition) is 1. The molecular formula is C16H24N2O3. The quantitative estimate of drug-likeness (QED) is 0.905. The third-order valence-corrected chi connectivity index (χ3v) is 3.99. The van der Waals surface area contributed by atoms with Gasteiger partial charge >= 0.3 is 0 Å². The van der Waals surface area contributed by atoms with E-state index in [1.807, 2.05) is 12.1 Å². The number of piperidine rings is 1. The fourth-order valence-corrected chi connectivity index (χ4v) is 2.63. The van der Waals surface area contributed by atoms with Crippen molar-refractivity contribution in [1.29, 1.82) is 0 Å². The molecule has 0 saturated carbocycles. The Kier molecular flexibility index (Phi) is 5.44. The highest BCUT2D eigenvalue weighted by atomic mass is 16.5. The SMILES string of the molecule is COc1ccc(NC(=O)CC2CCN(C)CC2)c(OC)c1. The van der Waals surface area contributed by atoms with Crippen molar-refractivity contribution in [2.45, 2.75) is 19.3 Å². The number of nitrogens with zero attached hydrogens (tertiary/aromatic N) is 1. The number of ether oxygens (including phenoxy) is 2. The summed E-state index contributed by atoms with van der Waals surface area (Å²) in [7, 11) is 5.31. The van der Waals surface area contributed by atoms with E-state index in [0.717, 1.165) is 25.9 Å². The predicted molar refractivity (Wildman–Crippen MR) is 83.0 cm³/mol. The number of nitrogens with one attached hydrogen (secondary N) is 1. The molecule has 0 atom stereocenters. The molecule has 2 rings (SSSR count). The molecule has 0 spiro atoms. The molecule has 1 aliphatic heterocycles. The van der Waals surface area contributed by atoms with Crippen LogP contribution >= 0.6 is 0 Å². The number of methoxy groups -OCH3 is 2. The van der Waals surface area contributed by atoms with Gasteiger partial charge in [0.2, 0.25) is 5.91 Å². The lowest BCUT2D eigenvalue weighted by atomic mass is 9.93. The van der Waals surface area contributed by atoms with E-state index in [0.29, 0.717) is 29.5 Å². The van der Waals surface area contributed by atoms with E-state index in [9.17, 15) is 4.79 Å². The molecule has 0 aliphatic carbocycles. The fourth-order valence-electron chi connectivity index (χ4n) is 2.63. The number of likely N-dealkylation sites (tertiary alicyclic amines) is 1. The second-order valence-corrected chi connectivity index (χ2v) is 5.57. The van der Waals surface area contributed by atoms with Gasteiger partial charge in [0.05, 0.1) is 19.9 Å². The smallest absolute Gasteiger partial charge is 0.224 e. The van der Waals surface area contributed by atoms with Crippen molar-refractivity contribution >= 4 is 11.6 Å². The maximum atomic E-state index is 12.2. The first kappa shape index (κ1) is 15.6. The summed E-state index contributed by atoms with van der Waals surface area (Å²) in [4.78, 5) is 14.5. The fraction of sp³-hybridized carbons (Fsp3) is 0.562. The first-order valence-electron chi connectivity index (χ1n) is 7.32. The minimum atomic E-state index is 0.0491. The Hall–Kier alpha value is -1.75. The first-order valence-corrected chi connectivity index (χ1v) is 7.32. The van der Waals surface area contributed by atoms with Crippen molar-refractivity contribution in [1.82, 2.24) is 4.90 Å². The molecule has 1 saturated heterocycles. The molecule has 1 amide bonds. The van der Waals surface area contributed by atoms with Crippen LogP contribution in [0.1, 0.15) is 19.3 Å². The Morgan fingerprint density at radius 2 is 2.00 bits per heavy atom. The van der Waals surface area contributed by atoms with Crippen molar-refractivity contribution < 1.29 is 14.3 Å². The van der Waals surface area contributed by atoms with Crippen molar-refractivity contribution in [2.24, 2.45) is 5.92 Å². The zero-order valence-electron chi connectivity index (χ0n) is 13.0. The van der Waals surface area contributed by atoms with Crippen LogP contribution in [-0.2, 0) is 4.79 Å². The van der Waals surface area contributed by atoms with Crippen molar-refractivity contribution in [3.05, 3.63) is 18.2 Å². The van der Waals surface area contributed by atoms with E-state index in [2.05, 4.69) is 17.3 Å². The second-order valence-electron chi connectivity index (χ2n) is 5.57. The van der Waals surface area contributed by atoms with Crippen LogP contribution < -0.4 is 14.8 Å². The van der Waals surface area contributed by atoms with Gasteiger partial charge in [0.1, 0.15) is 11.5 Å². The molecule has 0 bridgehead atoms. The summed E-state index contributed by atoms with van der Waals surface area (Å²) < 4.78 is 10.4. The molecule has 21 heavy (non-hydrogen) atoms. The summed E-state index contributed by atoms with van der Waals surface area (Å²) in [5, 5.41) is 2.94. The third kappa shape index (κ3) is 4.36. The molecule has 1 aromatic carbocycles. The molecule has 0 unspecified atom stereocenters. The van der Waals surface area contributed by atoms with Gasteiger partial charge in [-0.2, -0.15) is 0 Å². The normalized spacial score (nSPS) is 16.5. The molecule has 1 fully saturated rings. The van der Waals surface area contributed by atoms with Crippen molar-refractivity contribution in [3.63, 3.8) is 0 Å². The minimum absolute atomic E-state index is 0.0491. The maximum absolute atomic E-state index is 12.2. The highest BCUT2D eigenvalue weighted by Crippen LogP contribution is 2.29. The second kappa shape index (κ2) is 7.31. The van der Waals surface area contributed by atoms with Crippen LogP contribution in [0.3, 0.4) is 0 Å². The molecule has 1 heterocycles. The van der Waals surface area contributed by atoms with Gasteiger partial charge in [0, 0.05) is 12.5 Å². The summed E-state index contributed by atoms with van der Waals surface area (Å²) in [5.74, 6) is 1.85. The van der Waals surface area contributed by atoms with E-state index in [-0.39, 0.29) is 5.91 Å². The van der Waals surface area contributed by atoms with E-state index in [4.69, 9.17) is 9.47 Å². The average Bonchev–Trinajstić information content (AvgIpc) is 2.50. The number of benzene rings is 1. The van der Waals surface area contributed by atoms with Crippen LogP contribution in [0, 0.1) is 5.92 Å². The van der Waals surface area contributed by atoms with Gasteiger partial charge in [0.25, 0.3) is 0 Å². The Balaban J connectivity index is 1.93. The van der Waals surface area contributed by atoms with Gasteiger partial charge in [0.15, 0.2) is 0 Å². The zero-order chi connectivity index (χ0) is 15.2. The van der Waals surface area contributed by atoms with Crippen LogP contribution in [0.5, 0.6) is 11.5 Å². The van der Waals surface area contributed by atoms with Crippen LogP contribution in [0.15, 0.2) is 18.2 Å². The zero-order valence-corrected chi connectivity index (χ0v) is 13.0. The Labute approximate surface area is 126 Å². The molecule has 1 aromatic rings. The van der Waals surface area contributed by atoms with E-state index < -0.39 is 0 Å². The van der Waals surface area contributed by atoms with Crippen LogP contribution in [-0.4, -0.2) is 45.2 Å². The summed E-state index contributed by atoms with van der Waals surface area (Å²) in [6.07, 6.45) is 2.75. The lowest BCUT2D eigenvalue weighted by Crippen LogP contribution is -2.31. The summed E-state index contributed by atoms with van der Waals surface area (Å²) in [5.41, 5.74) is 0.691. The van der Waals surface area contributed by atoms with Gasteiger partial charge in [-0.1, -0.05) is 0 Å². The molecule has 5 nitrogen and oxygen atoms in total. The van der Waals surface area contributed by atoms with Gasteiger partial charge in [-0.3, -0.25) is 4.79 Å². The number of amides is 1. The molecular weight excluding hydrogens is 268 g/mol. The van der Waals surface area contributed by atoms with Crippen LogP contribution in [0.4, 0.5) is 5.69 Å². The monoisotopic (exact) mass is 292 g/mol. The number of hydrogen-bond acceptors (Lipinski definition) is 4. The molecule has 1 N–H and O–H groups in total. The van der Waals surface area contributed by atoms with E-state index in [1.54, 1.807) is 20.3 Å². The lowest BCUT2D eigenvalue weighted by molar-refractivity contribution is -0.117. The summed E-state index contributed by atoms with van der Waals surface area (Å²) >= 11 is 0. The first-order chi connectivity index (χ1) is 10.1. The van der Waals surface area contributed by atoms with Gasteiger partial charge in [-0.05, 0) is 51.0 Å². The Morgan fingerprint density at radius 1 is 1.29 bits per heavy atom. The molecule has 0 aromatic heterocycles. The van der Waals surface area contributed by atoms with Gasteiger partial charge < -0.3 is 19.7 Å². The van der Waals surface area contributed by atoms with Gasteiger partial charge in [-0.25, -0.2) is 0 Å². The molecule has 116 valence electrons. The minimum Gasteiger partial charge on any atom is -0.497 e. The number of rotatable bonds is 5. The number of anilines is 1. The van der Waals surface area contributed by atoms with Crippen molar-refractivity contribution in [3.8, 4) is 11.5 Å². The number of carbonyl (C=O) groups is 1. The molecule has 1 aliphatic rings. The predicted octanol–water partition coefficient (Wildman–Crippen LogP) is 2.37. The maximum Gasteiger partial charge on any atom is 0.224 e. The summed E-state index contributed by atoms with van der Waals surface area (Å²) in [6.45, 7) is 2.15. The topological polar surface area (TPSA) is 50.8 Å². The van der Waals surface area contributed by atoms with Crippen LogP contribution in [0.25, 0.3) is 0 Å². The number of carbonyl (C=O) groups excluding carboxylic acids is 1. The Morgan fingerprint density at radius 3 is 2.62 bits per heavy atom. The third-order valence-electron chi connectivity index (χ3n) is 3.99. The molecule has 0 radical (unpaired) electrons. The average molecular weight is 292 g/mol. The van der Waals surface area contributed by atoms with E-state index >= 15 is 0 Å².